The van der Waals surface area contributed by atoms with Crippen LogP contribution in [0, 0.1) is 0 Å². The molecule has 2 aromatic rings. The van der Waals surface area contributed by atoms with Gasteiger partial charge in [-0.05, 0) is 36.4 Å². The van der Waals surface area contributed by atoms with E-state index >= 15 is 0 Å². The molecule has 0 aliphatic rings. The molecule has 2 rings (SSSR count). The first-order valence-corrected chi connectivity index (χ1v) is 7.51. The van der Waals surface area contributed by atoms with Crippen LogP contribution in [-0.2, 0) is 6.42 Å². The van der Waals surface area contributed by atoms with E-state index < -0.39 is 0 Å². The molecule has 1 nitrogen and oxygen atoms in total. The molecular weight excluding hydrogens is 285 g/mol. The quantitative estimate of drug-likeness (QED) is 0.824. The molecule has 1 N–H and O–H groups in total. The summed E-state index contributed by atoms with van der Waals surface area (Å²) >= 11 is 14.0. The zero-order valence-corrected chi connectivity index (χ0v) is 12.4. The Kier molecular flexibility index (Phi) is 5.07. The van der Waals surface area contributed by atoms with E-state index in [9.17, 15) is 0 Å². The van der Waals surface area contributed by atoms with Crippen molar-refractivity contribution < 1.29 is 0 Å². The molecule has 1 aromatic carbocycles. The minimum atomic E-state index is 0.205. The van der Waals surface area contributed by atoms with Gasteiger partial charge in [-0.15, -0.1) is 11.3 Å². The van der Waals surface area contributed by atoms with Gasteiger partial charge in [0.15, 0.2) is 0 Å². The summed E-state index contributed by atoms with van der Waals surface area (Å²) in [5.41, 5.74) is 1.05. The van der Waals surface area contributed by atoms with E-state index in [1.54, 1.807) is 11.3 Å². The zero-order chi connectivity index (χ0) is 13.0. The van der Waals surface area contributed by atoms with Crippen molar-refractivity contribution in [2.75, 3.05) is 6.54 Å². The fraction of sp³-hybridized carbons (Fsp3) is 0.286. The summed E-state index contributed by atoms with van der Waals surface area (Å²) < 4.78 is 0. The summed E-state index contributed by atoms with van der Waals surface area (Å²) in [7, 11) is 0. The maximum Gasteiger partial charge on any atom is 0.0639 e. The number of hydrogen-bond acceptors (Lipinski definition) is 2. The molecule has 0 fully saturated rings. The van der Waals surface area contributed by atoms with E-state index in [-0.39, 0.29) is 6.04 Å². The van der Waals surface area contributed by atoms with Gasteiger partial charge in [-0.25, -0.2) is 0 Å². The third-order valence-corrected chi connectivity index (χ3v) is 4.62. The molecule has 1 heterocycles. The van der Waals surface area contributed by atoms with E-state index in [2.05, 4.69) is 29.8 Å². The topological polar surface area (TPSA) is 12.0 Å². The maximum absolute atomic E-state index is 6.20. The lowest BCUT2D eigenvalue weighted by molar-refractivity contribution is 0.579. The molecule has 0 aliphatic heterocycles. The largest absolute Gasteiger partial charge is 0.310 e. The third kappa shape index (κ3) is 3.48. The van der Waals surface area contributed by atoms with Crippen molar-refractivity contribution in [3.8, 4) is 0 Å². The van der Waals surface area contributed by atoms with E-state index in [0.717, 1.165) is 18.5 Å². The molecule has 96 valence electrons. The molecule has 0 aliphatic carbocycles. The van der Waals surface area contributed by atoms with Gasteiger partial charge < -0.3 is 5.32 Å². The van der Waals surface area contributed by atoms with Gasteiger partial charge in [-0.1, -0.05) is 41.4 Å². The molecule has 4 heteroatoms. The predicted molar refractivity (Wildman–Crippen MR) is 80.9 cm³/mol. The van der Waals surface area contributed by atoms with E-state index in [4.69, 9.17) is 23.2 Å². The van der Waals surface area contributed by atoms with Crippen molar-refractivity contribution in [2.45, 2.75) is 19.4 Å². The smallest absolute Gasteiger partial charge is 0.0639 e. The average molecular weight is 300 g/mol. The molecule has 0 radical (unpaired) electrons. The molecule has 1 atom stereocenters. The molecule has 0 spiro atoms. The summed E-state index contributed by atoms with van der Waals surface area (Å²) in [5, 5.41) is 6.83. The Balaban J connectivity index is 1.91. The van der Waals surface area contributed by atoms with Crippen LogP contribution < -0.4 is 5.32 Å². The lowest BCUT2D eigenvalue weighted by atomic mass is 10.1. The van der Waals surface area contributed by atoms with E-state index in [1.807, 2.05) is 18.2 Å². The Labute approximate surface area is 122 Å². The summed E-state index contributed by atoms with van der Waals surface area (Å²) in [5.74, 6) is 0. The van der Waals surface area contributed by atoms with Crippen LogP contribution in [0.3, 0.4) is 0 Å². The number of hydrogen-bond donors (Lipinski definition) is 1. The Bertz CT molecular complexity index is 497. The Hall–Kier alpha value is -0.540. The van der Waals surface area contributed by atoms with Crippen molar-refractivity contribution in [3.63, 3.8) is 0 Å². The fourth-order valence-corrected chi connectivity index (χ4v) is 3.01. The van der Waals surface area contributed by atoms with Crippen LogP contribution in [0.2, 0.25) is 10.0 Å². The van der Waals surface area contributed by atoms with Crippen LogP contribution in [0.5, 0.6) is 0 Å². The maximum atomic E-state index is 6.20. The van der Waals surface area contributed by atoms with Gasteiger partial charge in [-0.2, -0.15) is 0 Å². The van der Waals surface area contributed by atoms with Crippen molar-refractivity contribution in [1.82, 2.24) is 5.32 Å². The van der Waals surface area contributed by atoms with Crippen LogP contribution in [0.4, 0.5) is 0 Å². The predicted octanol–water partition coefficient (Wildman–Crippen LogP) is 4.95. The van der Waals surface area contributed by atoms with Gasteiger partial charge in [0, 0.05) is 17.5 Å². The number of rotatable bonds is 5. The van der Waals surface area contributed by atoms with Gasteiger partial charge in [0.1, 0.15) is 0 Å². The normalized spacial score (nSPS) is 12.6. The van der Waals surface area contributed by atoms with E-state index in [1.165, 1.54) is 4.88 Å². The molecule has 1 aromatic heterocycles. The van der Waals surface area contributed by atoms with Crippen LogP contribution in [0.15, 0.2) is 35.7 Å². The van der Waals surface area contributed by atoms with Crippen LogP contribution in [0.25, 0.3) is 0 Å². The highest BCUT2D eigenvalue weighted by Gasteiger charge is 2.10. The number of thiophene rings is 1. The summed E-state index contributed by atoms with van der Waals surface area (Å²) in [4.78, 5) is 1.40. The highest BCUT2D eigenvalue weighted by Crippen LogP contribution is 2.29. The number of halogens is 2. The lowest BCUT2D eigenvalue weighted by Crippen LogP contribution is -2.21. The Morgan fingerprint density at radius 1 is 1.22 bits per heavy atom. The molecule has 18 heavy (non-hydrogen) atoms. The van der Waals surface area contributed by atoms with Crippen LogP contribution in [0.1, 0.15) is 23.4 Å². The van der Waals surface area contributed by atoms with Crippen molar-refractivity contribution >= 4 is 34.5 Å². The summed E-state index contributed by atoms with van der Waals surface area (Å²) in [6.07, 6.45) is 1.04. The van der Waals surface area contributed by atoms with Crippen LogP contribution in [-0.4, -0.2) is 6.54 Å². The highest BCUT2D eigenvalue weighted by atomic mass is 35.5. The van der Waals surface area contributed by atoms with Gasteiger partial charge in [0.25, 0.3) is 0 Å². The minimum Gasteiger partial charge on any atom is -0.310 e. The zero-order valence-electron chi connectivity index (χ0n) is 10.1. The molecular formula is C14H15Cl2NS. The number of nitrogens with one attached hydrogen (secondary N) is 1. The van der Waals surface area contributed by atoms with Gasteiger partial charge in [0.2, 0.25) is 0 Å². The molecule has 0 saturated carbocycles. The van der Waals surface area contributed by atoms with Gasteiger partial charge in [0.05, 0.1) is 10.0 Å². The molecule has 1 unspecified atom stereocenters. The second-order valence-electron chi connectivity index (χ2n) is 4.15. The second-order valence-corrected chi connectivity index (χ2v) is 5.97. The van der Waals surface area contributed by atoms with Crippen LogP contribution >= 0.6 is 34.5 Å². The Morgan fingerprint density at radius 3 is 2.78 bits per heavy atom. The van der Waals surface area contributed by atoms with Gasteiger partial charge >= 0.3 is 0 Å². The summed E-state index contributed by atoms with van der Waals surface area (Å²) in [6, 6.07) is 10.2. The Morgan fingerprint density at radius 2 is 2.06 bits per heavy atom. The van der Waals surface area contributed by atoms with Crippen molar-refractivity contribution in [2.24, 2.45) is 0 Å². The number of benzene rings is 1. The average Bonchev–Trinajstić information content (AvgIpc) is 2.85. The van der Waals surface area contributed by atoms with Crippen molar-refractivity contribution in [1.29, 1.82) is 0 Å². The SMILES string of the molecule is CC(NCCc1cccs1)c1cccc(Cl)c1Cl. The minimum absolute atomic E-state index is 0.205. The van der Waals surface area contributed by atoms with E-state index in [0.29, 0.717) is 10.0 Å². The fourth-order valence-electron chi connectivity index (χ4n) is 1.83. The first-order valence-electron chi connectivity index (χ1n) is 5.88. The second kappa shape index (κ2) is 6.58. The molecule has 0 saturated heterocycles. The first kappa shape index (κ1) is 13.9. The lowest BCUT2D eigenvalue weighted by Gasteiger charge is -2.16. The highest BCUT2D eigenvalue weighted by molar-refractivity contribution is 7.09. The standard InChI is InChI=1S/C14H15Cl2NS/c1-10(12-5-2-6-13(15)14(12)16)17-8-7-11-4-3-9-18-11/h2-6,9-10,17H,7-8H2,1H3. The van der Waals surface area contributed by atoms with Gasteiger partial charge in [-0.3, -0.25) is 0 Å². The molecule has 0 amide bonds. The summed E-state index contributed by atoms with van der Waals surface area (Å²) in [6.45, 7) is 3.04. The monoisotopic (exact) mass is 299 g/mol. The first-order chi connectivity index (χ1) is 8.68. The third-order valence-electron chi connectivity index (χ3n) is 2.85. The van der Waals surface area contributed by atoms with Crippen molar-refractivity contribution in [3.05, 3.63) is 56.2 Å². The molecule has 0 bridgehead atoms.